The van der Waals surface area contributed by atoms with E-state index >= 15 is 0 Å². The molecule has 4 heteroatoms. The van der Waals surface area contributed by atoms with Gasteiger partial charge in [-0.3, -0.25) is 9.78 Å². The average Bonchev–Trinajstić information content (AvgIpc) is 3.05. The lowest BCUT2D eigenvalue weighted by Crippen LogP contribution is -2.11. The van der Waals surface area contributed by atoms with Gasteiger partial charge >= 0.3 is 5.97 Å². The van der Waals surface area contributed by atoms with Crippen LogP contribution in [0, 0.1) is 5.41 Å². The van der Waals surface area contributed by atoms with E-state index in [1.807, 2.05) is 36.2 Å². The molecule has 1 N–H and O–H groups in total. The molecular formula is C13H17NO2S. The molecule has 0 unspecified atom stereocenters. The fourth-order valence-electron chi connectivity index (χ4n) is 1.88. The number of nitrogens with zero attached hydrogens (tertiary/aromatic N) is 1. The normalized spacial score (nSPS) is 16.7. The van der Waals surface area contributed by atoms with E-state index in [1.165, 1.54) is 0 Å². The number of carboxylic acids is 1. The minimum Gasteiger partial charge on any atom is -0.481 e. The number of carboxylic acid groups (broad SMARTS) is 1. The zero-order valence-electron chi connectivity index (χ0n) is 9.76. The van der Waals surface area contributed by atoms with Crippen LogP contribution >= 0.6 is 11.8 Å². The first-order valence-corrected chi connectivity index (χ1v) is 7.05. The fourth-order valence-corrected chi connectivity index (χ4v) is 3.20. The van der Waals surface area contributed by atoms with Crippen molar-refractivity contribution in [3.05, 3.63) is 30.1 Å². The number of thioether (sulfide) groups is 1. The molecule has 0 bridgehead atoms. The second kappa shape index (κ2) is 5.54. The van der Waals surface area contributed by atoms with Crippen molar-refractivity contribution < 1.29 is 9.90 Å². The second-order valence-corrected chi connectivity index (χ2v) is 5.80. The van der Waals surface area contributed by atoms with Gasteiger partial charge in [0.05, 0.1) is 6.42 Å². The number of aliphatic carboxylic acids is 1. The van der Waals surface area contributed by atoms with Gasteiger partial charge in [0.25, 0.3) is 0 Å². The van der Waals surface area contributed by atoms with Crippen molar-refractivity contribution in [3.8, 4) is 0 Å². The predicted octanol–water partition coefficient (Wildman–Crippen LogP) is 2.61. The summed E-state index contributed by atoms with van der Waals surface area (Å²) in [5.41, 5.74) is 1.23. The van der Waals surface area contributed by atoms with Gasteiger partial charge in [-0.2, -0.15) is 11.8 Å². The molecule has 2 rings (SSSR count). The molecule has 1 aromatic rings. The Balaban J connectivity index is 1.65. The predicted molar refractivity (Wildman–Crippen MR) is 69.2 cm³/mol. The average molecular weight is 251 g/mol. The molecule has 1 aromatic heterocycles. The van der Waals surface area contributed by atoms with Crippen LogP contribution in [-0.2, 0) is 11.2 Å². The maximum Gasteiger partial charge on any atom is 0.303 e. The number of rotatable bonds is 7. The topological polar surface area (TPSA) is 50.2 Å². The first-order valence-electron chi connectivity index (χ1n) is 5.90. The highest BCUT2D eigenvalue weighted by Crippen LogP contribution is 2.50. The Labute approximate surface area is 106 Å². The summed E-state index contributed by atoms with van der Waals surface area (Å²) in [6.07, 6.45) is 5.27. The number of hydrogen-bond acceptors (Lipinski definition) is 3. The zero-order chi connectivity index (χ0) is 12.1. The van der Waals surface area contributed by atoms with Crippen molar-refractivity contribution in [3.63, 3.8) is 0 Å². The highest BCUT2D eigenvalue weighted by Gasteiger charge is 2.43. The van der Waals surface area contributed by atoms with Crippen molar-refractivity contribution >= 4 is 17.7 Å². The monoisotopic (exact) mass is 251 g/mol. The number of carbonyl (C=O) groups is 1. The lowest BCUT2D eigenvalue weighted by Gasteiger charge is -2.11. The van der Waals surface area contributed by atoms with Gasteiger partial charge in [0.1, 0.15) is 0 Å². The molecule has 0 amide bonds. The number of pyridine rings is 1. The minimum absolute atomic E-state index is 0.112. The van der Waals surface area contributed by atoms with Gasteiger partial charge in [-0.25, -0.2) is 0 Å². The first kappa shape index (κ1) is 12.4. The van der Waals surface area contributed by atoms with Crippen LogP contribution < -0.4 is 0 Å². The minimum atomic E-state index is -0.659. The molecule has 0 atom stereocenters. The van der Waals surface area contributed by atoms with Gasteiger partial charge in [-0.15, -0.1) is 0 Å². The van der Waals surface area contributed by atoms with Crippen molar-refractivity contribution in [2.24, 2.45) is 5.41 Å². The lowest BCUT2D eigenvalue weighted by atomic mass is 10.1. The standard InChI is InChI=1S/C13H17NO2S/c15-12(16)9-13(5-6-13)10-17-8-4-11-3-1-2-7-14-11/h1-3,7H,4-6,8-10H2,(H,15,16). The molecule has 1 aliphatic rings. The Morgan fingerprint density at radius 3 is 2.88 bits per heavy atom. The van der Waals surface area contributed by atoms with Crippen LogP contribution in [0.4, 0.5) is 0 Å². The van der Waals surface area contributed by atoms with Crippen LogP contribution in [0.1, 0.15) is 25.0 Å². The van der Waals surface area contributed by atoms with Gasteiger partial charge in [0.2, 0.25) is 0 Å². The Hall–Kier alpha value is -1.03. The quantitative estimate of drug-likeness (QED) is 0.757. The van der Waals surface area contributed by atoms with Crippen molar-refractivity contribution in [2.45, 2.75) is 25.7 Å². The molecule has 1 heterocycles. The Morgan fingerprint density at radius 1 is 1.47 bits per heavy atom. The van der Waals surface area contributed by atoms with Gasteiger partial charge in [0, 0.05) is 11.9 Å². The third kappa shape index (κ3) is 4.04. The molecule has 17 heavy (non-hydrogen) atoms. The maximum atomic E-state index is 10.7. The van der Waals surface area contributed by atoms with Gasteiger partial charge in [-0.05, 0) is 48.3 Å². The largest absolute Gasteiger partial charge is 0.481 e. The summed E-state index contributed by atoms with van der Waals surface area (Å²) in [7, 11) is 0. The van der Waals surface area contributed by atoms with E-state index in [0.29, 0.717) is 6.42 Å². The number of aryl methyl sites for hydroxylation is 1. The van der Waals surface area contributed by atoms with Gasteiger partial charge in [0.15, 0.2) is 0 Å². The van der Waals surface area contributed by atoms with E-state index < -0.39 is 5.97 Å². The Bertz CT molecular complexity index is 376. The molecule has 1 aliphatic carbocycles. The summed E-state index contributed by atoms with van der Waals surface area (Å²) < 4.78 is 0. The summed E-state index contributed by atoms with van der Waals surface area (Å²) in [5.74, 6) is 1.35. The van der Waals surface area contributed by atoms with E-state index in [-0.39, 0.29) is 5.41 Å². The smallest absolute Gasteiger partial charge is 0.303 e. The molecule has 0 aromatic carbocycles. The molecule has 0 aliphatic heterocycles. The van der Waals surface area contributed by atoms with E-state index in [0.717, 1.165) is 36.5 Å². The van der Waals surface area contributed by atoms with Crippen LogP contribution in [0.15, 0.2) is 24.4 Å². The molecule has 1 saturated carbocycles. The van der Waals surface area contributed by atoms with Crippen LogP contribution in [0.3, 0.4) is 0 Å². The van der Waals surface area contributed by atoms with E-state index in [4.69, 9.17) is 5.11 Å². The molecule has 0 saturated heterocycles. The molecule has 0 spiro atoms. The Morgan fingerprint density at radius 2 is 2.29 bits per heavy atom. The highest BCUT2D eigenvalue weighted by atomic mass is 32.2. The second-order valence-electron chi connectivity index (χ2n) is 4.69. The van der Waals surface area contributed by atoms with E-state index in [1.54, 1.807) is 0 Å². The number of hydrogen-bond donors (Lipinski definition) is 1. The van der Waals surface area contributed by atoms with Crippen LogP contribution in [0.25, 0.3) is 0 Å². The van der Waals surface area contributed by atoms with Gasteiger partial charge in [-0.1, -0.05) is 6.07 Å². The summed E-state index contributed by atoms with van der Waals surface area (Å²) in [6, 6.07) is 5.95. The van der Waals surface area contributed by atoms with Crippen molar-refractivity contribution in [2.75, 3.05) is 11.5 Å². The molecule has 0 radical (unpaired) electrons. The van der Waals surface area contributed by atoms with Crippen LogP contribution in [-0.4, -0.2) is 27.6 Å². The highest BCUT2D eigenvalue weighted by molar-refractivity contribution is 7.99. The van der Waals surface area contributed by atoms with Crippen LogP contribution in [0.5, 0.6) is 0 Å². The third-order valence-corrected chi connectivity index (χ3v) is 4.43. The van der Waals surface area contributed by atoms with E-state index in [9.17, 15) is 4.79 Å². The zero-order valence-corrected chi connectivity index (χ0v) is 10.6. The summed E-state index contributed by atoms with van der Waals surface area (Å²) in [6.45, 7) is 0. The molecule has 92 valence electrons. The first-order chi connectivity index (χ1) is 8.20. The maximum absolute atomic E-state index is 10.7. The molecule has 1 fully saturated rings. The Kier molecular flexibility index (Phi) is 4.05. The van der Waals surface area contributed by atoms with Gasteiger partial charge < -0.3 is 5.11 Å². The van der Waals surface area contributed by atoms with Crippen LogP contribution in [0.2, 0.25) is 0 Å². The summed E-state index contributed by atoms with van der Waals surface area (Å²) in [4.78, 5) is 15.0. The third-order valence-electron chi connectivity index (χ3n) is 3.12. The fraction of sp³-hybridized carbons (Fsp3) is 0.538. The van der Waals surface area contributed by atoms with E-state index in [2.05, 4.69) is 4.98 Å². The van der Waals surface area contributed by atoms with Crippen molar-refractivity contribution in [1.82, 2.24) is 4.98 Å². The lowest BCUT2D eigenvalue weighted by molar-refractivity contribution is -0.138. The van der Waals surface area contributed by atoms with Crippen molar-refractivity contribution in [1.29, 1.82) is 0 Å². The number of aromatic nitrogens is 1. The molecular weight excluding hydrogens is 234 g/mol. The SMILES string of the molecule is O=C(O)CC1(CSCCc2ccccn2)CC1. The summed E-state index contributed by atoms with van der Waals surface area (Å²) >= 11 is 1.86. The molecule has 3 nitrogen and oxygen atoms in total. The summed E-state index contributed by atoms with van der Waals surface area (Å²) in [5, 5.41) is 8.80.